The van der Waals surface area contributed by atoms with Crippen molar-refractivity contribution in [2.75, 3.05) is 6.61 Å². The standard InChI is InChI=1S/C7H7.C4H9O.Mg/c1-7-5-3-2-4-6-7;1-2-3-4-5;/h2-6H,1H2;2-4H2,1H3;/q2*-1;+2. The van der Waals surface area contributed by atoms with Gasteiger partial charge in [-0.25, -0.2) is 0 Å². The van der Waals surface area contributed by atoms with Crippen LogP contribution < -0.4 is 5.11 Å². The first-order valence-corrected chi connectivity index (χ1v) is 4.26. The van der Waals surface area contributed by atoms with E-state index in [2.05, 4.69) is 6.92 Å². The molecular formula is C11H16MgO. The zero-order valence-electron chi connectivity index (χ0n) is 8.33. The van der Waals surface area contributed by atoms with E-state index in [1.807, 2.05) is 37.3 Å². The fourth-order valence-electron chi connectivity index (χ4n) is 0.622. The average molecular weight is 189 g/mol. The van der Waals surface area contributed by atoms with Gasteiger partial charge in [0.05, 0.1) is 0 Å². The van der Waals surface area contributed by atoms with Crippen molar-refractivity contribution < 1.29 is 5.11 Å². The van der Waals surface area contributed by atoms with Crippen molar-refractivity contribution in [1.82, 2.24) is 0 Å². The summed E-state index contributed by atoms with van der Waals surface area (Å²) in [6.45, 7) is 5.83. The van der Waals surface area contributed by atoms with Crippen molar-refractivity contribution in [3.8, 4) is 0 Å². The molecule has 0 fully saturated rings. The second-order valence-corrected chi connectivity index (χ2v) is 2.54. The summed E-state index contributed by atoms with van der Waals surface area (Å²) < 4.78 is 0. The molecule has 1 rings (SSSR count). The van der Waals surface area contributed by atoms with Crippen LogP contribution in [0.5, 0.6) is 0 Å². The Bertz CT molecular complexity index is 173. The van der Waals surface area contributed by atoms with E-state index < -0.39 is 0 Å². The Morgan fingerprint density at radius 2 is 1.77 bits per heavy atom. The predicted octanol–water partition coefficient (Wildman–Crippen LogP) is 1.63. The zero-order chi connectivity index (χ0) is 9.23. The summed E-state index contributed by atoms with van der Waals surface area (Å²) in [5.41, 5.74) is 1.07. The maximum Gasteiger partial charge on any atom is 2.00 e. The molecule has 0 aliphatic rings. The van der Waals surface area contributed by atoms with Crippen LogP contribution in [0.2, 0.25) is 0 Å². The van der Waals surface area contributed by atoms with Crippen molar-refractivity contribution in [2.24, 2.45) is 0 Å². The summed E-state index contributed by atoms with van der Waals surface area (Å²) in [6, 6.07) is 9.87. The molecule has 0 aromatic heterocycles. The van der Waals surface area contributed by atoms with Crippen LogP contribution in [0.1, 0.15) is 25.3 Å². The smallest absolute Gasteiger partial charge is 0.854 e. The second kappa shape index (κ2) is 11.8. The van der Waals surface area contributed by atoms with Crippen LogP contribution in [0.3, 0.4) is 0 Å². The monoisotopic (exact) mass is 188 g/mol. The molecule has 0 spiro atoms. The van der Waals surface area contributed by atoms with Gasteiger partial charge < -0.3 is 5.11 Å². The van der Waals surface area contributed by atoms with Gasteiger partial charge in [-0.3, -0.25) is 0 Å². The third-order valence-corrected chi connectivity index (χ3v) is 1.34. The van der Waals surface area contributed by atoms with E-state index >= 15 is 0 Å². The summed E-state index contributed by atoms with van der Waals surface area (Å²) in [5, 5.41) is 9.53. The molecule has 1 aromatic carbocycles. The maximum absolute atomic E-state index is 9.53. The van der Waals surface area contributed by atoms with Gasteiger partial charge in [-0.05, 0) is 0 Å². The first-order chi connectivity index (χ1) is 5.81. The number of hydrogen-bond acceptors (Lipinski definition) is 1. The topological polar surface area (TPSA) is 23.1 Å². The first-order valence-electron chi connectivity index (χ1n) is 4.26. The predicted molar refractivity (Wildman–Crippen MR) is 56.4 cm³/mol. The summed E-state index contributed by atoms with van der Waals surface area (Å²) in [7, 11) is 0. The molecule has 0 aliphatic carbocycles. The Morgan fingerprint density at radius 1 is 1.23 bits per heavy atom. The van der Waals surface area contributed by atoms with E-state index in [0.717, 1.165) is 18.4 Å². The van der Waals surface area contributed by atoms with Crippen LogP contribution in [0.4, 0.5) is 0 Å². The van der Waals surface area contributed by atoms with Crippen molar-refractivity contribution in [3.05, 3.63) is 42.8 Å². The molecular weight excluding hydrogens is 172 g/mol. The molecule has 0 amide bonds. The summed E-state index contributed by atoms with van der Waals surface area (Å²) in [6.07, 6.45) is 1.86. The Kier molecular flexibility index (Phi) is 13.9. The molecule has 68 valence electrons. The molecule has 0 radical (unpaired) electrons. The van der Waals surface area contributed by atoms with Crippen LogP contribution in [0.25, 0.3) is 0 Å². The van der Waals surface area contributed by atoms with E-state index in [1.54, 1.807) is 0 Å². The Labute approximate surface area is 97.3 Å². The first kappa shape index (κ1) is 15.3. The zero-order valence-corrected chi connectivity index (χ0v) is 9.74. The molecule has 0 heterocycles. The number of benzene rings is 1. The molecule has 0 saturated carbocycles. The fraction of sp³-hybridized carbons (Fsp3) is 0.364. The van der Waals surface area contributed by atoms with Crippen LogP contribution in [-0.2, 0) is 0 Å². The molecule has 0 bridgehead atoms. The van der Waals surface area contributed by atoms with E-state index in [4.69, 9.17) is 0 Å². The van der Waals surface area contributed by atoms with Gasteiger partial charge in [0.2, 0.25) is 0 Å². The van der Waals surface area contributed by atoms with E-state index in [-0.39, 0.29) is 29.7 Å². The summed E-state index contributed by atoms with van der Waals surface area (Å²) >= 11 is 0. The number of rotatable bonds is 2. The maximum atomic E-state index is 9.53. The Balaban J connectivity index is 0. The van der Waals surface area contributed by atoms with Crippen LogP contribution in [0, 0.1) is 6.92 Å². The molecule has 0 atom stereocenters. The normalized spacial score (nSPS) is 7.85. The molecule has 0 saturated heterocycles. The molecule has 0 unspecified atom stereocenters. The minimum Gasteiger partial charge on any atom is -0.854 e. The molecule has 1 aromatic rings. The van der Waals surface area contributed by atoms with Crippen molar-refractivity contribution in [3.63, 3.8) is 0 Å². The molecule has 0 N–H and O–H groups in total. The van der Waals surface area contributed by atoms with Crippen LogP contribution >= 0.6 is 0 Å². The van der Waals surface area contributed by atoms with E-state index in [1.165, 1.54) is 0 Å². The van der Waals surface area contributed by atoms with Gasteiger partial charge in [-0.15, -0.1) is 18.7 Å². The Hall–Kier alpha value is -0.184. The Morgan fingerprint density at radius 3 is 1.92 bits per heavy atom. The van der Waals surface area contributed by atoms with Crippen molar-refractivity contribution in [1.29, 1.82) is 0 Å². The van der Waals surface area contributed by atoms with Crippen molar-refractivity contribution >= 4 is 23.1 Å². The summed E-state index contributed by atoms with van der Waals surface area (Å²) in [5.74, 6) is 0. The van der Waals surface area contributed by atoms with Crippen molar-refractivity contribution in [2.45, 2.75) is 19.8 Å². The quantitative estimate of drug-likeness (QED) is 0.511. The second-order valence-electron chi connectivity index (χ2n) is 2.54. The van der Waals surface area contributed by atoms with Gasteiger partial charge in [0.25, 0.3) is 0 Å². The SMILES string of the molecule is CCCC[O-].[CH2-]c1ccccc1.[Mg+2]. The van der Waals surface area contributed by atoms with Gasteiger partial charge >= 0.3 is 23.1 Å². The number of unbranched alkanes of at least 4 members (excludes halogenated alkanes) is 1. The molecule has 2 heteroatoms. The molecule has 13 heavy (non-hydrogen) atoms. The van der Waals surface area contributed by atoms with Gasteiger partial charge in [0.1, 0.15) is 0 Å². The van der Waals surface area contributed by atoms with Gasteiger partial charge in [-0.1, -0.05) is 25.8 Å². The third kappa shape index (κ3) is 11.8. The van der Waals surface area contributed by atoms with Gasteiger partial charge in [0.15, 0.2) is 0 Å². The summed E-state index contributed by atoms with van der Waals surface area (Å²) in [4.78, 5) is 0. The molecule has 1 nitrogen and oxygen atoms in total. The van der Waals surface area contributed by atoms with Gasteiger partial charge in [-0.2, -0.15) is 24.6 Å². The fourth-order valence-corrected chi connectivity index (χ4v) is 0.622. The molecule has 0 aliphatic heterocycles. The minimum absolute atomic E-state index is 0. The van der Waals surface area contributed by atoms with Crippen LogP contribution in [-0.4, -0.2) is 29.7 Å². The number of hydrogen-bond donors (Lipinski definition) is 0. The van der Waals surface area contributed by atoms with Crippen LogP contribution in [0.15, 0.2) is 30.3 Å². The average Bonchev–Trinajstić information content (AvgIpc) is 2.08. The third-order valence-electron chi connectivity index (χ3n) is 1.34. The largest absolute Gasteiger partial charge is 2.00 e. The minimum atomic E-state index is 0. The van der Waals surface area contributed by atoms with Gasteiger partial charge in [0, 0.05) is 0 Å². The van der Waals surface area contributed by atoms with E-state index in [0.29, 0.717) is 0 Å². The van der Waals surface area contributed by atoms with E-state index in [9.17, 15) is 5.11 Å².